The molecule has 1 unspecified atom stereocenters. The quantitative estimate of drug-likeness (QED) is 0.246. The molecule has 1 atom stereocenters. The van der Waals surface area contributed by atoms with E-state index in [1.165, 1.54) is 5.56 Å². The molecular weight excluding hydrogens is 478 g/mol. The smallest absolute Gasteiger partial charge is 0.410 e. The predicted octanol–water partition coefficient (Wildman–Crippen LogP) is 5.91. The molecule has 0 aliphatic carbocycles. The zero-order valence-electron chi connectivity index (χ0n) is 21.3. The third kappa shape index (κ3) is 6.33. The molecule has 3 aromatic rings. The minimum atomic E-state index is -0.293. The van der Waals surface area contributed by atoms with Crippen molar-refractivity contribution < 1.29 is 19.0 Å². The fourth-order valence-electron chi connectivity index (χ4n) is 4.59. The standard InChI is InChI=1S/C28H36ClN3O4/c1-19(2)17-36-28(33)32-14-12-23-24-16-21(29)8-11-25(24)31-26(23)27(32)20-6-9-22(10-7-20)35-15-5-4-13-30-18-34-3/h6-11,16,19,27,30-31H,4-5,12-15,17-18H2,1-3H3. The Balaban J connectivity index is 1.53. The van der Waals surface area contributed by atoms with Crippen LogP contribution in [-0.4, -0.2) is 56.1 Å². The fourth-order valence-corrected chi connectivity index (χ4v) is 4.76. The molecule has 36 heavy (non-hydrogen) atoms. The molecule has 2 N–H and O–H groups in total. The summed E-state index contributed by atoms with van der Waals surface area (Å²) in [4.78, 5) is 18.5. The highest BCUT2D eigenvalue weighted by Crippen LogP contribution is 2.39. The highest BCUT2D eigenvalue weighted by atomic mass is 35.5. The zero-order chi connectivity index (χ0) is 25.5. The number of carbonyl (C=O) groups excluding carboxylic acids is 1. The normalized spacial score (nSPS) is 15.4. The summed E-state index contributed by atoms with van der Waals surface area (Å²) in [6.07, 6.45) is 2.42. The first-order valence-electron chi connectivity index (χ1n) is 12.6. The van der Waals surface area contributed by atoms with Crippen LogP contribution in [-0.2, 0) is 15.9 Å². The third-order valence-electron chi connectivity index (χ3n) is 6.32. The van der Waals surface area contributed by atoms with Gasteiger partial charge in [-0.2, -0.15) is 0 Å². The second-order valence-corrected chi connectivity index (χ2v) is 10.0. The van der Waals surface area contributed by atoms with Crippen molar-refractivity contribution in [3.63, 3.8) is 0 Å². The number of nitrogens with one attached hydrogen (secondary N) is 2. The number of benzene rings is 2. The molecule has 0 saturated carbocycles. The van der Waals surface area contributed by atoms with E-state index in [0.717, 1.165) is 53.7 Å². The molecule has 4 rings (SSSR count). The maximum Gasteiger partial charge on any atom is 0.410 e. The first kappa shape index (κ1) is 26.3. The number of fused-ring (bicyclic) bond motifs is 3. The van der Waals surface area contributed by atoms with Crippen LogP contribution >= 0.6 is 11.6 Å². The lowest BCUT2D eigenvalue weighted by atomic mass is 9.92. The van der Waals surface area contributed by atoms with E-state index in [9.17, 15) is 4.79 Å². The van der Waals surface area contributed by atoms with Gasteiger partial charge in [0.15, 0.2) is 0 Å². The third-order valence-corrected chi connectivity index (χ3v) is 6.56. The van der Waals surface area contributed by atoms with Crippen molar-refractivity contribution in [2.45, 2.75) is 39.2 Å². The Morgan fingerprint density at radius 2 is 2.00 bits per heavy atom. The maximum absolute atomic E-state index is 13.1. The van der Waals surface area contributed by atoms with Crippen LogP contribution in [0.2, 0.25) is 5.02 Å². The number of hydrogen-bond acceptors (Lipinski definition) is 5. The molecule has 194 valence electrons. The molecule has 1 aromatic heterocycles. The van der Waals surface area contributed by atoms with Gasteiger partial charge in [-0.25, -0.2) is 4.79 Å². The van der Waals surface area contributed by atoms with E-state index in [2.05, 4.69) is 10.3 Å². The number of carbonyl (C=O) groups is 1. The minimum absolute atomic E-state index is 0.273. The van der Waals surface area contributed by atoms with E-state index in [1.807, 2.05) is 61.2 Å². The molecule has 2 aromatic carbocycles. The van der Waals surface area contributed by atoms with Gasteiger partial charge in [0, 0.05) is 35.3 Å². The van der Waals surface area contributed by atoms with Crippen molar-refractivity contribution in [1.82, 2.24) is 15.2 Å². The SMILES string of the molecule is COCNCCCCOc1ccc(C2c3[nH]c4ccc(Cl)cc4c3CCN2C(=O)OCC(C)C)cc1. The molecule has 0 bridgehead atoms. The molecule has 0 radical (unpaired) electrons. The van der Waals surface area contributed by atoms with Gasteiger partial charge in [0.1, 0.15) is 11.8 Å². The number of H-pyrrole nitrogens is 1. The summed E-state index contributed by atoms with van der Waals surface area (Å²) < 4.78 is 16.6. The van der Waals surface area contributed by atoms with E-state index >= 15 is 0 Å². The minimum Gasteiger partial charge on any atom is -0.494 e. The van der Waals surface area contributed by atoms with E-state index in [0.29, 0.717) is 31.5 Å². The Morgan fingerprint density at radius 1 is 1.19 bits per heavy atom. The first-order chi connectivity index (χ1) is 17.5. The summed E-state index contributed by atoms with van der Waals surface area (Å²) in [5.74, 6) is 1.09. The molecule has 7 nitrogen and oxygen atoms in total. The molecule has 0 spiro atoms. The lowest BCUT2D eigenvalue weighted by Crippen LogP contribution is -2.41. The molecule has 8 heteroatoms. The van der Waals surface area contributed by atoms with Crippen LogP contribution in [0.5, 0.6) is 5.75 Å². The Kier molecular flexibility index (Phi) is 9.13. The van der Waals surface area contributed by atoms with E-state index in [-0.39, 0.29) is 18.1 Å². The summed E-state index contributed by atoms with van der Waals surface area (Å²) in [6, 6.07) is 13.6. The molecule has 0 saturated heterocycles. The van der Waals surface area contributed by atoms with Gasteiger partial charge < -0.3 is 19.2 Å². The number of aromatic amines is 1. The molecular formula is C28H36ClN3O4. The largest absolute Gasteiger partial charge is 0.494 e. The van der Waals surface area contributed by atoms with Gasteiger partial charge in [0.05, 0.1) is 19.9 Å². The van der Waals surface area contributed by atoms with E-state index in [4.69, 9.17) is 25.8 Å². The van der Waals surface area contributed by atoms with E-state index < -0.39 is 0 Å². The van der Waals surface area contributed by atoms with Crippen LogP contribution in [0.3, 0.4) is 0 Å². The van der Waals surface area contributed by atoms with Crippen molar-refractivity contribution in [3.8, 4) is 5.75 Å². The molecule has 1 aliphatic rings. The average Bonchev–Trinajstić information content (AvgIpc) is 3.24. The van der Waals surface area contributed by atoms with Gasteiger partial charge in [-0.05, 0) is 73.2 Å². The number of hydrogen-bond donors (Lipinski definition) is 2. The van der Waals surface area contributed by atoms with Crippen LogP contribution in [0.1, 0.15) is 49.6 Å². The number of amides is 1. The van der Waals surface area contributed by atoms with Gasteiger partial charge >= 0.3 is 6.09 Å². The number of unbranched alkanes of at least 4 members (excludes halogenated alkanes) is 1. The van der Waals surface area contributed by atoms with Crippen LogP contribution in [0.15, 0.2) is 42.5 Å². The lowest BCUT2D eigenvalue weighted by Gasteiger charge is -2.35. The van der Waals surface area contributed by atoms with Crippen LogP contribution in [0.4, 0.5) is 4.79 Å². The van der Waals surface area contributed by atoms with Crippen molar-refractivity contribution in [1.29, 1.82) is 0 Å². The predicted molar refractivity (Wildman–Crippen MR) is 143 cm³/mol. The fraction of sp³-hybridized carbons (Fsp3) is 0.464. The van der Waals surface area contributed by atoms with Crippen LogP contribution < -0.4 is 10.1 Å². The van der Waals surface area contributed by atoms with Crippen molar-refractivity contribution in [3.05, 3.63) is 64.3 Å². The van der Waals surface area contributed by atoms with Gasteiger partial charge in [-0.15, -0.1) is 0 Å². The summed E-state index contributed by atoms with van der Waals surface area (Å²) >= 11 is 6.30. The molecule has 1 amide bonds. The maximum atomic E-state index is 13.1. The summed E-state index contributed by atoms with van der Waals surface area (Å²) in [6.45, 7) is 7.16. The highest BCUT2D eigenvalue weighted by Gasteiger charge is 2.35. The Labute approximate surface area is 218 Å². The summed E-state index contributed by atoms with van der Waals surface area (Å²) in [7, 11) is 1.68. The Hall–Kier alpha value is -2.74. The summed E-state index contributed by atoms with van der Waals surface area (Å²) in [5, 5.41) is 5.01. The van der Waals surface area contributed by atoms with Gasteiger partial charge in [0.2, 0.25) is 0 Å². The first-order valence-corrected chi connectivity index (χ1v) is 13.0. The number of nitrogens with zero attached hydrogens (tertiary/aromatic N) is 1. The molecule has 0 fully saturated rings. The molecule has 2 heterocycles. The van der Waals surface area contributed by atoms with Gasteiger partial charge in [-0.1, -0.05) is 37.6 Å². The Bertz CT molecular complexity index is 1150. The van der Waals surface area contributed by atoms with Crippen molar-refractivity contribution >= 4 is 28.6 Å². The van der Waals surface area contributed by atoms with Crippen LogP contribution in [0.25, 0.3) is 10.9 Å². The summed E-state index contributed by atoms with van der Waals surface area (Å²) in [5.41, 5.74) is 4.24. The van der Waals surface area contributed by atoms with Crippen LogP contribution in [0, 0.1) is 5.92 Å². The second kappa shape index (κ2) is 12.5. The van der Waals surface area contributed by atoms with E-state index in [1.54, 1.807) is 7.11 Å². The monoisotopic (exact) mass is 513 g/mol. The van der Waals surface area contributed by atoms with Gasteiger partial charge in [0.25, 0.3) is 0 Å². The van der Waals surface area contributed by atoms with Crippen molar-refractivity contribution in [2.75, 3.05) is 40.1 Å². The number of halogens is 1. The number of rotatable bonds is 11. The Morgan fingerprint density at radius 3 is 2.75 bits per heavy atom. The van der Waals surface area contributed by atoms with Crippen molar-refractivity contribution in [2.24, 2.45) is 5.92 Å². The zero-order valence-corrected chi connectivity index (χ0v) is 22.1. The number of ether oxygens (including phenoxy) is 3. The number of methoxy groups -OCH3 is 1. The van der Waals surface area contributed by atoms with Gasteiger partial charge in [-0.3, -0.25) is 10.2 Å². The highest BCUT2D eigenvalue weighted by molar-refractivity contribution is 6.31. The second-order valence-electron chi connectivity index (χ2n) is 9.58. The average molecular weight is 514 g/mol. The molecule has 1 aliphatic heterocycles. The lowest BCUT2D eigenvalue weighted by molar-refractivity contribution is 0.0797. The number of aromatic nitrogens is 1. The topological polar surface area (TPSA) is 75.8 Å².